The van der Waals surface area contributed by atoms with Gasteiger partial charge < -0.3 is 5.73 Å². The van der Waals surface area contributed by atoms with Gasteiger partial charge in [0.1, 0.15) is 4.49 Å². The fourth-order valence-electron chi connectivity index (χ4n) is 0.760. The van der Waals surface area contributed by atoms with E-state index in [2.05, 4.69) is 0 Å². The molecule has 11 heavy (non-hydrogen) atoms. The van der Waals surface area contributed by atoms with Gasteiger partial charge in [0.25, 0.3) is 0 Å². The van der Waals surface area contributed by atoms with Crippen LogP contribution in [0.1, 0.15) is 5.56 Å². The highest BCUT2D eigenvalue weighted by atomic mass is 35.5. The van der Waals surface area contributed by atoms with Crippen LogP contribution in [-0.4, -0.2) is 0 Å². The molecule has 0 aromatic heterocycles. The molecule has 58 valence electrons. The van der Waals surface area contributed by atoms with Crippen molar-refractivity contribution in [2.75, 3.05) is 5.73 Å². The predicted molar refractivity (Wildman–Crippen MR) is 50.5 cm³/mol. The van der Waals surface area contributed by atoms with Crippen molar-refractivity contribution in [3.05, 3.63) is 34.3 Å². The first-order valence-electron chi connectivity index (χ1n) is 3.07. The van der Waals surface area contributed by atoms with Crippen LogP contribution in [0.25, 0.3) is 6.08 Å². The Morgan fingerprint density at radius 1 is 1.27 bits per heavy atom. The van der Waals surface area contributed by atoms with E-state index >= 15 is 0 Å². The lowest BCUT2D eigenvalue weighted by Gasteiger charge is -1.97. The average Bonchev–Trinajstić information content (AvgIpc) is 1.93. The van der Waals surface area contributed by atoms with Crippen LogP contribution >= 0.6 is 23.2 Å². The molecule has 1 rings (SSSR count). The van der Waals surface area contributed by atoms with E-state index in [-0.39, 0.29) is 4.49 Å². The molecule has 0 heterocycles. The summed E-state index contributed by atoms with van der Waals surface area (Å²) in [6.45, 7) is 0. The maximum atomic E-state index is 5.61. The molecular formula is C8H7Cl2N. The number of anilines is 1. The second-order valence-corrected chi connectivity index (χ2v) is 3.07. The molecule has 0 atom stereocenters. The van der Waals surface area contributed by atoms with Crippen LogP contribution in [0.15, 0.2) is 28.8 Å². The van der Waals surface area contributed by atoms with Crippen molar-refractivity contribution in [3.8, 4) is 0 Å². The highest BCUT2D eigenvalue weighted by Crippen LogP contribution is 2.18. The van der Waals surface area contributed by atoms with Crippen LogP contribution in [0.4, 0.5) is 5.69 Å². The summed E-state index contributed by atoms with van der Waals surface area (Å²) in [7, 11) is 0. The Kier molecular flexibility index (Phi) is 2.80. The smallest absolute Gasteiger partial charge is 0.107 e. The molecule has 0 aliphatic carbocycles. The Morgan fingerprint density at radius 2 is 1.91 bits per heavy atom. The number of nitrogens with two attached hydrogens (primary N) is 1. The highest BCUT2D eigenvalue weighted by Gasteiger charge is 1.93. The number of hydrogen-bond acceptors (Lipinski definition) is 1. The molecule has 0 fully saturated rings. The number of rotatable bonds is 1. The van der Waals surface area contributed by atoms with E-state index in [0.717, 1.165) is 5.56 Å². The van der Waals surface area contributed by atoms with Gasteiger partial charge in [0.15, 0.2) is 0 Å². The van der Waals surface area contributed by atoms with Gasteiger partial charge in [0.05, 0.1) is 0 Å². The van der Waals surface area contributed by atoms with Crippen molar-refractivity contribution in [3.63, 3.8) is 0 Å². The molecule has 1 nitrogen and oxygen atoms in total. The van der Waals surface area contributed by atoms with Crippen LogP contribution in [0, 0.1) is 0 Å². The molecular weight excluding hydrogens is 181 g/mol. The summed E-state index contributed by atoms with van der Waals surface area (Å²) in [6, 6.07) is 7.37. The predicted octanol–water partition coefficient (Wildman–Crippen LogP) is 3.04. The zero-order valence-corrected chi connectivity index (χ0v) is 7.23. The molecule has 0 bridgehead atoms. The molecule has 0 amide bonds. The largest absolute Gasteiger partial charge is 0.398 e. The van der Waals surface area contributed by atoms with Crippen LogP contribution in [-0.2, 0) is 0 Å². The van der Waals surface area contributed by atoms with E-state index in [1.165, 1.54) is 0 Å². The maximum absolute atomic E-state index is 5.61. The maximum Gasteiger partial charge on any atom is 0.107 e. The molecule has 3 heteroatoms. The van der Waals surface area contributed by atoms with Crippen LogP contribution < -0.4 is 5.73 Å². The van der Waals surface area contributed by atoms with Crippen LogP contribution in [0.5, 0.6) is 0 Å². The fourth-order valence-corrected chi connectivity index (χ4v) is 0.995. The number of halogens is 2. The minimum absolute atomic E-state index is 0.211. The molecule has 0 aliphatic heterocycles. The average molecular weight is 188 g/mol. The zero-order valence-electron chi connectivity index (χ0n) is 5.72. The summed E-state index contributed by atoms with van der Waals surface area (Å²) in [4.78, 5) is 0. The molecule has 0 radical (unpaired) electrons. The molecule has 0 spiro atoms. The molecule has 0 unspecified atom stereocenters. The standard InChI is InChI=1S/C8H7Cl2N/c9-8(10)5-6-3-1-2-4-7(6)11/h1-5H,11H2. The lowest BCUT2D eigenvalue weighted by atomic mass is 10.2. The summed E-state index contributed by atoms with van der Waals surface area (Å²) in [5.41, 5.74) is 7.12. The summed E-state index contributed by atoms with van der Waals surface area (Å²) in [6.07, 6.45) is 1.61. The first kappa shape index (κ1) is 8.44. The molecule has 1 aromatic carbocycles. The minimum Gasteiger partial charge on any atom is -0.398 e. The Hall–Kier alpha value is -0.660. The van der Waals surface area contributed by atoms with E-state index in [1.807, 2.05) is 18.2 Å². The third-order valence-electron chi connectivity index (χ3n) is 1.26. The number of para-hydroxylation sites is 1. The van der Waals surface area contributed by atoms with Crippen molar-refractivity contribution in [2.24, 2.45) is 0 Å². The molecule has 2 N–H and O–H groups in total. The SMILES string of the molecule is Nc1ccccc1C=C(Cl)Cl. The van der Waals surface area contributed by atoms with Crippen molar-refractivity contribution < 1.29 is 0 Å². The van der Waals surface area contributed by atoms with E-state index in [1.54, 1.807) is 12.1 Å². The number of benzene rings is 1. The monoisotopic (exact) mass is 187 g/mol. The van der Waals surface area contributed by atoms with Crippen molar-refractivity contribution in [1.29, 1.82) is 0 Å². The summed E-state index contributed by atoms with van der Waals surface area (Å²) in [5, 5.41) is 0. The molecule has 1 aromatic rings. The Bertz CT molecular complexity index is 277. The van der Waals surface area contributed by atoms with Crippen LogP contribution in [0.2, 0.25) is 0 Å². The Balaban J connectivity index is 3.04. The lowest BCUT2D eigenvalue weighted by molar-refractivity contribution is 1.64. The quantitative estimate of drug-likeness (QED) is 0.673. The number of hydrogen-bond donors (Lipinski definition) is 1. The van der Waals surface area contributed by atoms with Crippen molar-refractivity contribution >= 4 is 35.0 Å². The van der Waals surface area contributed by atoms with Gasteiger partial charge in [0, 0.05) is 5.69 Å². The van der Waals surface area contributed by atoms with E-state index in [0.29, 0.717) is 5.69 Å². The Morgan fingerprint density at radius 3 is 2.45 bits per heavy atom. The van der Waals surface area contributed by atoms with Gasteiger partial charge in [0.2, 0.25) is 0 Å². The van der Waals surface area contributed by atoms with Gasteiger partial charge in [-0.25, -0.2) is 0 Å². The summed E-state index contributed by atoms with van der Waals surface area (Å²) >= 11 is 10.9. The lowest BCUT2D eigenvalue weighted by Crippen LogP contribution is -1.87. The second-order valence-electron chi connectivity index (χ2n) is 2.06. The van der Waals surface area contributed by atoms with Crippen molar-refractivity contribution in [2.45, 2.75) is 0 Å². The Labute approximate surface area is 75.4 Å². The highest BCUT2D eigenvalue weighted by molar-refractivity contribution is 6.57. The van der Waals surface area contributed by atoms with Crippen LogP contribution in [0.3, 0.4) is 0 Å². The second kappa shape index (κ2) is 3.65. The first-order chi connectivity index (χ1) is 5.20. The molecule has 0 saturated carbocycles. The van der Waals surface area contributed by atoms with Gasteiger partial charge >= 0.3 is 0 Å². The first-order valence-corrected chi connectivity index (χ1v) is 3.83. The van der Waals surface area contributed by atoms with Gasteiger partial charge in [-0.05, 0) is 17.7 Å². The molecule has 0 aliphatic rings. The van der Waals surface area contributed by atoms with Crippen molar-refractivity contribution in [1.82, 2.24) is 0 Å². The normalized spacial score (nSPS) is 9.27. The van der Waals surface area contributed by atoms with Gasteiger partial charge in [-0.1, -0.05) is 41.4 Å². The van der Waals surface area contributed by atoms with E-state index in [9.17, 15) is 0 Å². The van der Waals surface area contributed by atoms with Gasteiger partial charge in [-0.15, -0.1) is 0 Å². The third-order valence-corrected chi connectivity index (χ3v) is 1.48. The fraction of sp³-hybridized carbons (Fsp3) is 0. The minimum atomic E-state index is 0.211. The van der Waals surface area contributed by atoms with Gasteiger partial charge in [-0.3, -0.25) is 0 Å². The summed E-state index contributed by atoms with van der Waals surface area (Å²) < 4.78 is 0.211. The molecule has 0 saturated heterocycles. The van der Waals surface area contributed by atoms with E-state index in [4.69, 9.17) is 28.9 Å². The summed E-state index contributed by atoms with van der Waals surface area (Å²) in [5.74, 6) is 0. The third kappa shape index (κ3) is 2.45. The topological polar surface area (TPSA) is 26.0 Å². The number of nitrogen functional groups attached to an aromatic ring is 1. The van der Waals surface area contributed by atoms with E-state index < -0.39 is 0 Å². The zero-order chi connectivity index (χ0) is 8.27. The van der Waals surface area contributed by atoms with Gasteiger partial charge in [-0.2, -0.15) is 0 Å².